The van der Waals surface area contributed by atoms with Crippen LogP contribution >= 0.6 is 0 Å². The summed E-state index contributed by atoms with van der Waals surface area (Å²) >= 11 is 0. The van der Waals surface area contributed by atoms with Gasteiger partial charge in [0.05, 0.1) is 5.52 Å². The Morgan fingerprint density at radius 3 is 2.50 bits per heavy atom. The van der Waals surface area contributed by atoms with Crippen molar-refractivity contribution in [1.29, 1.82) is 0 Å². The highest BCUT2D eigenvalue weighted by atomic mass is 16.2. The molecule has 2 N–H and O–H groups in total. The van der Waals surface area contributed by atoms with Crippen molar-refractivity contribution in [3.8, 4) is 0 Å². The van der Waals surface area contributed by atoms with E-state index in [1.807, 2.05) is 18.2 Å². The standard InChI is InChI=1S/C28H40N4O2/c1-18-12-14-32(15-13-18)26-16-20(3)23-17-22(8-9-25(23)30-26)29-27(33)10-11-28(34)31-24-7-5-6-19(2)21(24)4/h8-9,16-19,21,24H,5-7,10-15H2,1-4H3,(H,29,33)(H,31,34)/t19-,21+,24-/m1/s1. The molecule has 6 heteroatoms. The Labute approximate surface area is 203 Å². The van der Waals surface area contributed by atoms with E-state index in [1.54, 1.807) is 0 Å². The Balaban J connectivity index is 1.32. The first-order valence-electron chi connectivity index (χ1n) is 13.1. The summed E-state index contributed by atoms with van der Waals surface area (Å²) in [6.45, 7) is 11.0. The smallest absolute Gasteiger partial charge is 0.224 e. The predicted molar refractivity (Wildman–Crippen MR) is 139 cm³/mol. The molecule has 2 heterocycles. The van der Waals surface area contributed by atoms with Crippen LogP contribution in [0.1, 0.15) is 71.3 Å². The van der Waals surface area contributed by atoms with Gasteiger partial charge in [-0.3, -0.25) is 9.59 Å². The summed E-state index contributed by atoms with van der Waals surface area (Å²) in [6, 6.07) is 8.25. The molecule has 2 aliphatic rings. The predicted octanol–water partition coefficient (Wildman–Crippen LogP) is 5.44. The van der Waals surface area contributed by atoms with Crippen LogP contribution in [-0.2, 0) is 9.59 Å². The fourth-order valence-corrected chi connectivity index (χ4v) is 5.37. The summed E-state index contributed by atoms with van der Waals surface area (Å²) in [7, 11) is 0. The zero-order valence-electron chi connectivity index (χ0n) is 21.2. The highest BCUT2D eigenvalue weighted by Crippen LogP contribution is 2.30. The summed E-state index contributed by atoms with van der Waals surface area (Å²) < 4.78 is 0. The number of nitrogens with zero attached hydrogens (tertiary/aromatic N) is 2. The molecular weight excluding hydrogens is 424 g/mol. The Hall–Kier alpha value is -2.63. The van der Waals surface area contributed by atoms with Gasteiger partial charge in [0.15, 0.2) is 0 Å². The minimum Gasteiger partial charge on any atom is -0.357 e. The molecule has 6 nitrogen and oxygen atoms in total. The van der Waals surface area contributed by atoms with E-state index in [-0.39, 0.29) is 30.7 Å². The fraction of sp³-hybridized carbons (Fsp3) is 0.607. The van der Waals surface area contributed by atoms with Crippen molar-refractivity contribution in [2.24, 2.45) is 17.8 Å². The number of hydrogen-bond donors (Lipinski definition) is 2. The number of pyridine rings is 1. The number of rotatable bonds is 6. The van der Waals surface area contributed by atoms with E-state index < -0.39 is 0 Å². The molecule has 1 aromatic heterocycles. The van der Waals surface area contributed by atoms with Crippen molar-refractivity contribution >= 4 is 34.2 Å². The minimum absolute atomic E-state index is 0.0284. The Bertz CT molecular complexity index is 1030. The molecule has 1 aromatic carbocycles. The number of aromatic nitrogens is 1. The molecule has 1 aliphatic heterocycles. The van der Waals surface area contributed by atoms with Crippen LogP contribution in [0.5, 0.6) is 0 Å². The van der Waals surface area contributed by atoms with Crippen molar-refractivity contribution in [1.82, 2.24) is 10.3 Å². The molecule has 34 heavy (non-hydrogen) atoms. The van der Waals surface area contributed by atoms with Gasteiger partial charge in [0, 0.05) is 43.0 Å². The molecule has 2 fully saturated rings. The maximum atomic E-state index is 12.5. The molecule has 2 aromatic rings. The molecule has 4 rings (SSSR count). The lowest BCUT2D eigenvalue weighted by atomic mass is 9.78. The molecule has 1 saturated carbocycles. The van der Waals surface area contributed by atoms with Crippen LogP contribution in [0.15, 0.2) is 24.3 Å². The number of anilines is 2. The molecule has 1 aliphatic carbocycles. The number of carbonyl (C=O) groups excluding carboxylic acids is 2. The van der Waals surface area contributed by atoms with Crippen LogP contribution in [0.4, 0.5) is 11.5 Å². The largest absolute Gasteiger partial charge is 0.357 e. The summed E-state index contributed by atoms with van der Waals surface area (Å²) in [6.07, 6.45) is 6.24. The number of aryl methyl sites for hydroxylation is 1. The van der Waals surface area contributed by atoms with Gasteiger partial charge in [-0.2, -0.15) is 0 Å². The third-order valence-electron chi connectivity index (χ3n) is 8.03. The van der Waals surface area contributed by atoms with Gasteiger partial charge in [0.1, 0.15) is 5.82 Å². The average Bonchev–Trinajstić information content (AvgIpc) is 2.81. The molecule has 2 amide bonds. The van der Waals surface area contributed by atoms with Gasteiger partial charge < -0.3 is 15.5 Å². The van der Waals surface area contributed by atoms with E-state index in [4.69, 9.17) is 4.98 Å². The van der Waals surface area contributed by atoms with E-state index >= 15 is 0 Å². The zero-order chi connectivity index (χ0) is 24.2. The first-order valence-corrected chi connectivity index (χ1v) is 13.1. The summed E-state index contributed by atoms with van der Waals surface area (Å²) in [5, 5.41) is 7.16. The molecule has 0 radical (unpaired) electrons. The van der Waals surface area contributed by atoms with E-state index in [0.717, 1.165) is 59.8 Å². The third kappa shape index (κ3) is 5.89. The lowest BCUT2D eigenvalue weighted by molar-refractivity contribution is -0.125. The van der Waals surface area contributed by atoms with Gasteiger partial charge in [-0.15, -0.1) is 0 Å². The molecular formula is C28H40N4O2. The highest BCUT2D eigenvalue weighted by Gasteiger charge is 2.28. The second-order valence-electron chi connectivity index (χ2n) is 10.7. The zero-order valence-corrected chi connectivity index (χ0v) is 21.2. The maximum Gasteiger partial charge on any atom is 0.224 e. The van der Waals surface area contributed by atoms with Crippen LogP contribution in [0, 0.1) is 24.7 Å². The van der Waals surface area contributed by atoms with Crippen LogP contribution < -0.4 is 15.5 Å². The maximum absolute atomic E-state index is 12.5. The molecule has 0 bridgehead atoms. The van der Waals surface area contributed by atoms with Crippen LogP contribution in [0.2, 0.25) is 0 Å². The number of piperidine rings is 1. The number of carbonyl (C=O) groups is 2. The summed E-state index contributed by atoms with van der Waals surface area (Å²) in [4.78, 5) is 32.2. The molecule has 1 saturated heterocycles. The minimum atomic E-state index is -0.135. The quantitative estimate of drug-likeness (QED) is 0.597. The second-order valence-corrected chi connectivity index (χ2v) is 10.7. The van der Waals surface area contributed by atoms with Gasteiger partial charge in [-0.1, -0.05) is 33.6 Å². The SMILES string of the molecule is Cc1cc(N2CCC(C)CC2)nc2ccc(NC(=O)CCC(=O)N[C@@H]3CCC[C@@H](C)[C@@H]3C)cc12. The number of nitrogens with one attached hydrogen (secondary N) is 2. The van der Waals surface area contributed by atoms with Gasteiger partial charge in [-0.25, -0.2) is 4.98 Å². The lowest BCUT2D eigenvalue weighted by Crippen LogP contribution is -2.43. The van der Waals surface area contributed by atoms with Crippen LogP contribution in [0.3, 0.4) is 0 Å². The Kier molecular flexibility index (Phi) is 7.74. The molecule has 184 valence electrons. The van der Waals surface area contributed by atoms with Crippen LogP contribution in [0.25, 0.3) is 10.9 Å². The number of fused-ring (bicyclic) bond motifs is 1. The van der Waals surface area contributed by atoms with Gasteiger partial charge in [0.2, 0.25) is 11.8 Å². The summed E-state index contributed by atoms with van der Waals surface area (Å²) in [5.41, 5.74) is 2.85. The molecule has 0 unspecified atom stereocenters. The first-order chi connectivity index (χ1) is 16.3. The van der Waals surface area contributed by atoms with Gasteiger partial charge in [-0.05, 0) is 73.8 Å². The summed E-state index contributed by atoms with van der Waals surface area (Å²) in [5.74, 6) is 2.78. The monoisotopic (exact) mass is 464 g/mol. The van der Waals surface area contributed by atoms with Crippen molar-refractivity contribution in [2.45, 2.75) is 78.7 Å². The Morgan fingerprint density at radius 2 is 1.74 bits per heavy atom. The molecule has 0 spiro atoms. The lowest BCUT2D eigenvalue weighted by Gasteiger charge is -2.34. The number of benzene rings is 1. The fourth-order valence-electron chi connectivity index (χ4n) is 5.37. The van der Waals surface area contributed by atoms with E-state index in [1.165, 1.54) is 19.3 Å². The van der Waals surface area contributed by atoms with Crippen molar-refractivity contribution in [3.63, 3.8) is 0 Å². The van der Waals surface area contributed by atoms with Crippen LogP contribution in [-0.4, -0.2) is 35.9 Å². The van der Waals surface area contributed by atoms with E-state index in [9.17, 15) is 9.59 Å². The number of hydrogen-bond acceptors (Lipinski definition) is 4. The second kappa shape index (κ2) is 10.7. The normalized spacial score (nSPS) is 23.6. The first kappa shape index (κ1) is 24.5. The molecule has 3 atom stereocenters. The average molecular weight is 465 g/mol. The van der Waals surface area contributed by atoms with Crippen molar-refractivity contribution in [3.05, 3.63) is 29.8 Å². The third-order valence-corrected chi connectivity index (χ3v) is 8.03. The number of amides is 2. The van der Waals surface area contributed by atoms with Gasteiger partial charge in [0.25, 0.3) is 0 Å². The van der Waals surface area contributed by atoms with E-state index in [0.29, 0.717) is 11.8 Å². The highest BCUT2D eigenvalue weighted by molar-refractivity contribution is 5.96. The van der Waals surface area contributed by atoms with Crippen molar-refractivity contribution in [2.75, 3.05) is 23.3 Å². The van der Waals surface area contributed by atoms with Crippen molar-refractivity contribution < 1.29 is 9.59 Å². The van der Waals surface area contributed by atoms with Gasteiger partial charge >= 0.3 is 0 Å². The van der Waals surface area contributed by atoms with E-state index in [2.05, 4.69) is 49.3 Å². The topological polar surface area (TPSA) is 74.3 Å². The Morgan fingerprint density at radius 1 is 1.00 bits per heavy atom.